The Balaban J connectivity index is 2.35. The average molecular weight is 397 g/mol. The molecule has 1 aliphatic rings. The van der Waals surface area contributed by atoms with Crippen molar-refractivity contribution in [2.75, 3.05) is 13.2 Å². The number of hydrogen-bond donors (Lipinski definition) is 0. The van der Waals surface area contributed by atoms with Crippen molar-refractivity contribution < 1.29 is 18.7 Å². The van der Waals surface area contributed by atoms with Crippen molar-refractivity contribution in [3.8, 4) is 0 Å². The lowest BCUT2D eigenvalue weighted by atomic mass is 9.94. The van der Waals surface area contributed by atoms with Gasteiger partial charge in [0.05, 0.1) is 12.2 Å². The van der Waals surface area contributed by atoms with Gasteiger partial charge in [-0.2, -0.15) is 0 Å². The largest absolute Gasteiger partial charge is 0.461 e. The molecule has 0 bridgehead atoms. The van der Waals surface area contributed by atoms with Crippen LogP contribution in [0, 0.1) is 5.92 Å². The second kappa shape index (κ2) is 10.6. The maximum absolute atomic E-state index is 10.9. The summed E-state index contributed by atoms with van der Waals surface area (Å²) in [5, 5.41) is 0.239. The zero-order chi connectivity index (χ0) is 20.7. The van der Waals surface area contributed by atoms with Crippen molar-refractivity contribution >= 4 is 14.3 Å². The maximum atomic E-state index is 10.9. The molecule has 0 saturated heterocycles. The second-order valence-corrected chi connectivity index (χ2v) is 14.2. The predicted octanol–water partition coefficient (Wildman–Crippen LogP) is 5.65. The number of esters is 1. The maximum Gasteiger partial charge on any atom is 0.302 e. The fourth-order valence-corrected chi connectivity index (χ4v) is 4.04. The first kappa shape index (κ1) is 24.1. The number of hydrogen-bond acceptors (Lipinski definition) is 4. The van der Waals surface area contributed by atoms with Gasteiger partial charge in [-0.05, 0) is 55.3 Å². The van der Waals surface area contributed by atoms with Crippen LogP contribution < -0.4 is 0 Å². The van der Waals surface area contributed by atoms with Crippen molar-refractivity contribution in [2.24, 2.45) is 5.92 Å². The molecule has 0 aromatic heterocycles. The van der Waals surface area contributed by atoms with E-state index in [1.807, 2.05) is 0 Å². The fraction of sp³-hybridized carbons (Fsp3) is 0.773. The van der Waals surface area contributed by atoms with E-state index in [0.717, 1.165) is 37.9 Å². The molecule has 4 nitrogen and oxygen atoms in total. The molecule has 0 amide bonds. The van der Waals surface area contributed by atoms with E-state index < -0.39 is 8.32 Å². The molecular formula is C22H40O4Si. The Morgan fingerprint density at radius 3 is 2.63 bits per heavy atom. The predicted molar refractivity (Wildman–Crippen MR) is 114 cm³/mol. The Labute approximate surface area is 167 Å². The van der Waals surface area contributed by atoms with Gasteiger partial charge in [-0.15, -0.1) is 0 Å². The molecule has 0 N–H and O–H groups in total. The summed E-state index contributed by atoms with van der Waals surface area (Å²) in [6.45, 7) is 20.1. The molecule has 0 aromatic rings. The molecule has 156 valence electrons. The highest BCUT2D eigenvalue weighted by Crippen LogP contribution is 2.36. The normalized spacial score (nSPS) is 21.7. The summed E-state index contributed by atoms with van der Waals surface area (Å²) >= 11 is 0. The molecule has 3 atom stereocenters. The molecule has 0 unspecified atom stereocenters. The fourth-order valence-electron chi connectivity index (χ4n) is 2.98. The third kappa shape index (κ3) is 9.22. The Morgan fingerprint density at radius 1 is 1.37 bits per heavy atom. The van der Waals surface area contributed by atoms with Crippen LogP contribution in [0.15, 0.2) is 24.3 Å². The highest BCUT2D eigenvalue weighted by atomic mass is 28.4. The van der Waals surface area contributed by atoms with Crippen molar-refractivity contribution in [1.82, 2.24) is 0 Å². The second-order valence-electron chi connectivity index (χ2n) is 9.43. The topological polar surface area (TPSA) is 44.8 Å². The van der Waals surface area contributed by atoms with Crippen LogP contribution in [-0.2, 0) is 18.7 Å². The first-order chi connectivity index (χ1) is 12.4. The monoisotopic (exact) mass is 396 g/mol. The molecule has 0 spiro atoms. The van der Waals surface area contributed by atoms with Gasteiger partial charge in [0.15, 0.2) is 8.32 Å². The minimum Gasteiger partial charge on any atom is -0.461 e. The molecule has 1 rings (SSSR count). The van der Waals surface area contributed by atoms with Crippen LogP contribution in [0.4, 0.5) is 0 Å². The average Bonchev–Trinajstić information content (AvgIpc) is 2.52. The Hall–Kier alpha value is -0.913. The minimum atomic E-state index is -1.69. The van der Waals surface area contributed by atoms with Gasteiger partial charge in [0.25, 0.3) is 0 Å². The van der Waals surface area contributed by atoms with Gasteiger partial charge in [-0.1, -0.05) is 46.4 Å². The quantitative estimate of drug-likeness (QED) is 0.272. The summed E-state index contributed by atoms with van der Waals surface area (Å²) < 4.78 is 17.6. The van der Waals surface area contributed by atoms with E-state index in [1.54, 1.807) is 0 Å². The van der Waals surface area contributed by atoms with E-state index in [4.69, 9.17) is 13.9 Å². The minimum absolute atomic E-state index is 0.143. The van der Waals surface area contributed by atoms with E-state index in [2.05, 4.69) is 59.5 Å². The third-order valence-electron chi connectivity index (χ3n) is 5.57. The summed E-state index contributed by atoms with van der Waals surface area (Å²) in [5.74, 6) is 0.195. The number of carbonyl (C=O) groups excluding carboxylic acids is 1. The van der Waals surface area contributed by atoms with E-state index in [-0.39, 0.29) is 23.2 Å². The summed E-state index contributed by atoms with van der Waals surface area (Å²) in [6, 6.07) is 0. The standard InChI is InChI=1S/C22H40O4Si/c1-17(14-18(2)16-24-19(3)23)15-21-11-9-10-20(26-21)12-13-25-27(7,8)22(4,5)6/h9-10,17,20-21H,2,11-16H2,1,3-8H3/t17-,20-,21-/m0/s1. The summed E-state index contributed by atoms with van der Waals surface area (Å²) in [5.41, 5.74) is 0.961. The number of ether oxygens (including phenoxy) is 2. The smallest absolute Gasteiger partial charge is 0.302 e. The summed E-state index contributed by atoms with van der Waals surface area (Å²) in [7, 11) is -1.69. The van der Waals surface area contributed by atoms with Crippen LogP contribution >= 0.6 is 0 Å². The molecule has 27 heavy (non-hydrogen) atoms. The van der Waals surface area contributed by atoms with Crippen molar-refractivity contribution in [1.29, 1.82) is 0 Å². The zero-order valence-electron chi connectivity index (χ0n) is 18.5. The Kier molecular flexibility index (Phi) is 9.46. The van der Waals surface area contributed by atoms with Gasteiger partial charge in [-0.25, -0.2) is 0 Å². The van der Waals surface area contributed by atoms with Crippen LogP contribution in [0.25, 0.3) is 0 Å². The molecule has 0 aliphatic carbocycles. The lowest BCUT2D eigenvalue weighted by Gasteiger charge is -2.36. The Morgan fingerprint density at radius 2 is 2.04 bits per heavy atom. The van der Waals surface area contributed by atoms with Crippen molar-refractivity contribution in [3.05, 3.63) is 24.3 Å². The van der Waals surface area contributed by atoms with Gasteiger partial charge in [0.1, 0.15) is 6.61 Å². The van der Waals surface area contributed by atoms with Gasteiger partial charge in [0, 0.05) is 13.5 Å². The molecule has 5 heteroatoms. The molecule has 0 radical (unpaired) electrons. The molecule has 0 aromatic carbocycles. The number of carbonyl (C=O) groups is 1. The first-order valence-corrected chi connectivity index (χ1v) is 13.1. The molecule has 1 heterocycles. The van der Waals surface area contributed by atoms with Crippen LogP contribution in [0.5, 0.6) is 0 Å². The van der Waals surface area contributed by atoms with E-state index >= 15 is 0 Å². The van der Waals surface area contributed by atoms with Crippen LogP contribution in [0.1, 0.15) is 60.3 Å². The summed E-state index contributed by atoms with van der Waals surface area (Å²) in [6.07, 6.45) is 8.52. The van der Waals surface area contributed by atoms with Gasteiger partial charge >= 0.3 is 5.97 Å². The van der Waals surface area contributed by atoms with Crippen molar-refractivity contribution in [3.63, 3.8) is 0 Å². The van der Waals surface area contributed by atoms with Crippen LogP contribution in [-0.4, -0.2) is 39.7 Å². The lowest BCUT2D eigenvalue weighted by Crippen LogP contribution is -2.41. The lowest BCUT2D eigenvalue weighted by molar-refractivity contribution is -0.140. The molecule has 1 aliphatic heterocycles. The van der Waals surface area contributed by atoms with Crippen molar-refractivity contribution in [2.45, 2.75) is 90.6 Å². The summed E-state index contributed by atoms with van der Waals surface area (Å²) in [4.78, 5) is 10.9. The molecule has 0 fully saturated rings. The van der Waals surface area contributed by atoms with Gasteiger partial charge < -0.3 is 13.9 Å². The first-order valence-electron chi connectivity index (χ1n) is 10.2. The highest BCUT2D eigenvalue weighted by Gasteiger charge is 2.37. The number of rotatable bonds is 10. The third-order valence-corrected chi connectivity index (χ3v) is 10.1. The SMILES string of the molecule is C=C(COC(C)=O)C[C@H](C)C[C@@H]1CC=C[C@@H](CCO[Si](C)(C)C(C)(C)C)O1. The van der Waals surface area contributed by atoms with E-state index in [0.29, 0.717) is 12.5 Å². The van der Waals surface area contributed by atoms with Gasteiger partial charge in [-0.3, -0.25) is 4.79 Å². The zero-order valence-corrected chi connectivity index (χ0v) is 19.5. The van der Waals surface area contributed by atoms with E-state index in [9.17, 15) is 4.79 Å². The molecule has 0 saturated carbocycles. The Bertz CT molecular complexity index is 519. The molecular weight excluding hydrogens is 356 g/mol. The van der Waals surface area contributed by atoms with Gasteiger partial charge in [0.2, 0.25) is 0 Å². The highest BCUT2D eigenvalue weighted by molar-refractivity contribution is 6.74. The van der Waals surface area contributed by atoms with E-state index in [1.165, 1.54) is 6.92 Å². The van der Waals surface area contributed by atoms with Crippen LogP contribution in [0.3, 0.4) is 0 Å². The van der Waals surface area contributed by atoms with Crippen LogP contribution in [0.2, 0.25) is 18.1 Å².